The Bertz CT molecular complexity index is 503. The van der Waals surface area contributed by atoms with E-state index in [-0.39, 0.29) is 5.91 Å². The topological polar surface area (TPSA) is 81.4 Å². The van der Waals surface area contributed by atoms with E-state index in [1.54, 1.807) is 6.07 Å². The van der Waals surface area contributed by atoms with Crippen molar-refractivity contribution in [2.75, 3.05) is 12.4 Å². The van der Waals surface area contributed by atoms with Crippen molar-refractivity contribution in [1.82, 2.24) is 0 Å². The maximum atomic E-state index is 11.6. The van der Waals surface area contributed by atoms with Gasteiger partial charge in [0.1, 0.15) is 5.75 Å². The van der Waals surface area contributed by atoms with Crippen LogP contribution in [0.25, 0.3) is 0 Å². The monoisotopic (exact) mass is 248 g/mol. The third kappa shape index (κ3) is 3.62. The first kappa shape index (κ1) is 13.8. The van der Waals surface area contributed by atoms with Gasteiger partial charge in [-0.3, -0.25) is 9.59 Å². The fourth-order valence-corrected chi connectivity index (χ4v) is 1.39. The van der Waals surface area contributed by atoms with E-state index in [2.05, 4.69) is 5.32 Å². The molecule has 0 aliphatic heterocycles. The van der Waals surface area contributed by atoms with Gasteiger partial charge in [0.15, 0.2) is 0 Å². The van der Waals surface area contributed by atoms with E-state index in [1.165, 1.54) is 25.3 Å². The lowest BCUT2D eigenvalue weighted by Crippen LogP contribution is -2.13. The Labute approximate surface area is 106 Å². The summed E-state index contributed by atoms with van der Waals surface area (Å²) in [5, 5.41) is 2.64. The summed E-state index contributed by atoms with van der Waals surface area (Å²) in [4.78, 5) is 22.7. The first-order valence-electron chi connectivity index (χ1n) is 5.37. The minimum absolute atomic E-state index is 0.282. The van der Waals surface area contributed by atoms with Gasteiger partial charge in [0, 0.05) is 11.6 Å². The van der Waals surface area contributed by atoms with E-state index >= 15 is 0 Å². The summed E-state index contributed by atoms with van der Waals surface area (Å²) in [6, 6.07) is 4.61. The van der Waals surface area contributed by atoms with Gasteiger partial charge in [-0.2, -0.15) is 0 Å². The van der Waals surface area contributed by atoms with Crippen LogP contribution in [0.2, 0.25) is 0 Å². The molecule has 5 nitrogen and oxygen atoms in total. The molecular formula is C13H16N2O3. The third-order valence-electron chi connectivity index (χ3n) is 2.16. The SMILES string of the molecule is COc1ccc(C(N)=O)cc1NC(=O)C=C(C)C. The molecule has 1 rings (SSSR count). The minimum Gasteiger partial charge on any atom is -0.495 e. The number of hydrogen-bond donors (Lipinski definition) is 2. The van der Waals surface area contributed by atoms with E-state index in [0.717, 1.165) is 5.57 Å². The van der Waals surface area contributed by atoms with Crippen LogP contribution in [0.5, 0.6) is 5.75 Å². The summed E-state index contributed by atoms with van der Waals surface area (Å²) in [6.45, 7) is 3.63. The fourth-order valence-electron chi connectivity index (χ4n) is 1.39. The van der Waals surface area contributed by atoms with Gasteiger partial charge in [0.25, 0.3) is 0 Å². The van der Waals surface area contributed by atoms with Crippen molar-refractivity contribution >= 4 is 17.5 Å². The third-order valence-corrected chi connectivity index (χ3v) is 2.16. The molecule has 0 aliphatic carbocycles. The molecule has 1 aromatic carbocycles. The van der Waals surface area contributed by atoms with Crippen LogP contribution in [0.15, 0.2) is 29.8 Å². The number of nitrogens with two attached hydrogens (primary N) is 1. The normalized spacial score (nSPS) is 9.50. The highest BCUT2D eigenvalue weighted by atomic mass is 16.5. The largest absolute Gasteiger partial charge is 0.495 e. The van der Waals surface area contributed by atoms with E-state index in [1.807, 2.05) is 13.8 Å². The van der Waals surface area contributed by atoms with Gasteiger partial charge in [-0.15, -0.1) is 0 Å². The highest BCUT2D eigenvalue weighted by Crippen LogP contribution is 2.25. The molecule has 0 spiro atoms. The predicted octanol–water partition coefficient (Wildman–Crippen LogP) is 1.70. The number of carbonyl (C=O) groups is 2. The zero-order chi connectivity index (χ0) is 13.7. The lowest BCUT2D eigenvalue weighted by Gasteiger charge is -2.10. The average molecular weight is 248 g/mol. The molecule has 3 N–H and O–H groups in total. The lowest BCUT2D eigenvalue weighted by molar-refractivity contribution is -0.112. The van der Waals surface area contributed by atoms with Gasteiger partial charge in [0.05, 0.1) is 12.8 Å². The Hall–Kier alpha value is -2.30. The number of carbonyl (C=O) groups excluding carboxylic acids is 2. The molecule has 96 valence electrons. The Morgan fingerprint density at radius 3 is 2.50 bits per heavy atom. The predicted molar refractivity (Wildman–Crippen MR) is 69.6 cm³/mol. The minimum atomic E-state index is -0.560. The number of allylic oxidation sites excluding steroid dienone is 1. The van der Waals surface area contributed by atoms with Crippen molar-refractivity contribution in [2.24, 2.45) is 5.73 Å². The molecule has 0 aromatic heterocycles. The number of methoxy groups -OCH3 is 1. The summed E-state index contributed by atoms with van der Waals surface area (Å²) in [5.74, 6) is -0.374. The average Bonchev–Trinajstić information content (AvgIpc) is 2.27. The first-order valence-corrected chi connectivity index (χ1v) is 5.37. The van der Waals surface area contributed by atoms with Crippen LogP contribution in [0.1, 0.15) is 24.2 Å². The van der Waals surface area contributed by atoms with Crippen molar-refractivity contribution in [3.05, 3.63) is 35.4 Å². The second kappa shape index (κ2) is 5.86. The van der Waals surface area contributed by atoms with E-state index in [4.69, 9.17) is 10.5 Å². The molecule has 0 bridgehead atoms. The molecule has 0 saturated carbocycles. The zero-order valence-corrected chi connectivity index (χ0v) is 10.6. The van der Waals surface area contributed by atoms with Crippen LogP contribution in [-0.4, -0.2) is 18.9 Å². The van der Waals surface area contributed by atoms with Crippen molar-refractivity contribution < 1.29 is 14.3 Å². The number of hydrogen-bond acceptors (Lipinski definition) is 3. The Morgan fingerprint density at radius 1 is 1.33 bits per heavy atom. The van der Waals surface area contributed by atoms with Gasteiger partial charge >= 0.3 is 0 Å². The number of ether oxygens (including phenoxy) is 1. The molecule has 0 unspecified atom stereocenters. The fraction of sp³-hybridized carbons (Fsp3) is 0.231. The maximum Gasteiger partial charge on any atom is 0.248 e. The highest BCUT2D eigenvalue weighted by molar-refractivity contribution is 6.02. The van der Waals surface area contributed by atoms with Crippen LogP contribution in [-0.2, 0) is 4.79 Å². The second-order valence-electron chi connectivity index (χ2n) is 3.99. The van der Waals surface area contributed by atoms with Crippen LogP contribution in [0.3, 0.4) is 0 Å². The number of primary amides is 1. The summed E-state index contributed by atoms with van der Waals surface area (Å²) in [7, 11) is 1.48. The summed E-state index contributed by atoms with van der Waals surface area (Å²) >= 11 is 0. The van der Waals surface area contributed by atoms with Crippen molar-refractivity contribution in [2.45, 2.75) is 13.8 Å². The smallest absolute Gasteiger partial charge is 0.248 e. The quantitative estimate of drug-likeness (QED) is 0.796. The van der Waals surface area contributed by atoms with Crippen molar-refractivity contribution in [1.29, 1.82) is 0 Å². The molecule has 5 heteroatoms. The van der Waals surface area contributed by atoms with E-state index in [9.17, 15) is 9.59 Å². The Balaban J connectivity index is 3.05. The van der Waals surface area contributed by atoms with Gasteiger partial charge in [0.2, 0.25) is 11.8 Å². The van der Waals surface area contributed by atoms with Gasteiger partial charge in [-0.05, 0) is 32.0 Å². The number of amides is 2. The van der Waals surface area contributed by atoms with E-state index < -0.39 is 5.91 Å². The summed E-state index contributed by atoms with van der Waals surface area (Å²) in [6.07, 6.45) is 1.45. The van der Waals surface area contributed by atoms with Crippen LogP contribution in [0, 0.1) is 0 Å². The summed E-state index contributed by atoms with van der Waals surface area (Å²) < 4.78 is 5.10. The van der Waals surface area contributed by atoms with Gasteiger partial charge in [-0.1, -0.05) is 5.57 Å². The molecule has 0 fully saturated rings. The van der Waals surface area contributed by atoms with Crippen molar-refractivity contribution in [3.63, 3.8) is 0 Å². The number of nitrogens with one attached hydrogen (secondary N) is 1. The van der Waals surface area contributed by atoms with Gasteiger partial charge < -0.3 is 15.8 Å². The zero-order valence-electron chi connectivity index (χ0n) is 10.6. The molecule has 0 atom stereocenters. The van der Waals surface area contributed by atoms with Crippen LogP contribution < -0.4 is 15.8 Å². The van der Waals surface area contributed by atoms with Gasteiger partial charge in [-0.25, -0.2) is 0 Å². The number of anilines is 1. The molecule has 18 heavy (non-hydrogen) atoms. The summed E-state index contributed by atoms with van der Waals surface area (Å²) in [5.41, 5.74) is 6.78. The second-order valence-corrected chi connectivity index (χ2v) is 3.99. The Morgan fingerprint density at radius 2 is 2.00 bits per heavy atom. The number of benzene rings is 1. The first-order chi connectivity index (χ1) is 8.43. The number of rotatable bonds is 4. The van der Waals surface area contributed by atoms with Crippen LogP contribution in [0.4, 0.5) is 5.69 Å². The molecule has 2 amide bonds. The standard InChI is InChI=1S/C13H16N2O3/c1-8(2)6-12(16)15-10-7-9(13(14)17)4-5-11(10)18-3/h4-7H,1-3H3,(H2,14,17)(H,15,16). The molecule has 0 saturated heterocycles. The molecule has 0 aliphatic rings. The lowest BCUT2D eigenvalue weighted by atomic mass is 10.1. The maximum absolute atomic E-state index is 11.6. The van der Waals surface area contributed by atoms with Crippen LogP contribution >= 0.6 is 0 Å². The molecule has 1 aromatic rings. The molecular weight excluding hydrogens is 232 g/mol. The Kier molecular flexibility index (Phi) is 4.48. The highest BCUT2D eigenvalue weighted by Gasteiger charge is 2.09. The van der Waals surface area contributed by atoms with E-state index in [0.29, 0.717) is 17.0 Å². The van der Waals surface area contributed by atoms with Crippen molar-refractivity contribution in [3.8, 4) is 5.75 Å². The molecule has 0 heterocycles. The molecule has 0 radical (unpaired) electrons.